The number of sulfone groups is 1. The number of thiophene rings is 1. The van der Waals surface area contributed by atoms with Crippen molar-refractivity contribution in [1.29, 1.82) is 0 Å². The fraction of sp³-hybridized carbons (Fsp3) is 0.353. The van der Waals surface area contributed by atoms with Gasteiger partial charge in [0.1, 0.15) is 0 Å². The quantitative estimate of drug-likeness (QED) is 0.852. The smallest absolute Gasteiger partial charge is 0.264 e. The lowest BCUT2D eigenvalue weighted by Crippen LogP contribution is -2.39. The molecule has 3 rings (SSSR count). The molecule has 0 N–H and O–H groups in total. The summed E-state index contributed by atoms with van der Waals surface area (Å²) in [5.74, 6) is -0.0542. The highest BCUT2D eigenvalue weighted by Crippen LogP contribution is 2.26. The molecule has 1 aromatic carbocycles. The molecule has 0 bridgehead atoms. The average molecular weight is 349 g/mol. The van der Waals surface area contributed by atoms with Gasteiger partial charge >= 0.3 is 0 Å². The molecule has 0 spiro atoms. The molecule has 1 saturated heterocycles. The summed E-state index contributed by atoms with van der Waals surface area (Å²) in [6, 6.07) is 10.1. The summed E-state index contributed by atoms with van der Waals surface area (Å²) in [7, 11) is -3.38. The van der Waals surface area contributed by atoms with Gasteiger partial charge in [-0.25, -0.2) is 8.42 Å². The minimum absolute atomic E-state index is 0.00683. The molecule has 1 aliphatic heterocycles. The van der Waals surface area contributed by atoms with Gasteiger partial charge < -0.3 is 4.90 Å². The van der Waals surface area contributed by atoms with Crippen LogP contribution in [-0.2, 0) is 9.84 Å². The first-order valence-electron chi connectivity index (χ1n) is 7.61. The lowest BCUT2D eigenvalue weighted by molar-refractivity contribution is 0.0754. The van der Waals surface area contributed by atoms with Crippen LogP contribution in [0.5, 0.6) is 0 Å². The van der Waals surface area contributed by atoms with Gasteiger partial charge in [-0.1, -0.05) is 18.2 Å². The standard InChI is InChI=1S/C17H19NO3S2/c1-13-10-16(22-11-13)17(19)18-9-5-6-14(18)12-23(20,21)15-7-3-2-4-8-15/h2-4,7-8,10-11,14H,5-6,9,12H2,1H3/t14-/m1/s1. The summed E-state index contributed by atoms with van der Waals surface area (Å²) in [6.45, 7) is 2.58. The summed E-state index contributed by atoms with van der Waals surface area (Å²) in [5, 5.41) is 1.94. The molecule has 6 heteroatoms. The Kier molecular flexibility index (Phi) is 4.55. The molecule has 0 saturated carbocycles. The van der Waals surface area contributed by atoms with Crippen LogP contribution in [0.2, 0.25) is 0 Å². The third-order valence-corrected chi connectivity index (χ3v) is 6.94. The van der Waals surface area contributed by atoms with Gasteiger partial charge in [0.2, 0.25) is 0 Å². The molecule has 0 radical (unpaired) electrons. The predicted molar refractivity (Wildman–Crippen MR) is 91.6 cm³/mol. The first-order chi connectivity index (χ1) is 11.0. The number of aryl methyl sites for hydroxylation is 1. The SMILES string of the molecule is Cc1csc(C(=O)N2CCC[C@@H]2CS(=O)(=O)c2ccccc2)c1. The van der Waals surface area contributed by atoms with Gasteiger partial charge in [0, 0.05) is 12.6 Å². The lowest BCUT2D eigenvalue weighted by atomic mass is 10.2. The second kappa shape index (κ2) is 6.45. The first kappa shape index (κ1) is 16.2. The van der Waals surface area contributed by atoms with Crippen LogP contribution < -0.4 is 0 Å². The van der Waals surface area contributed by atoms with Crippen LogP contribution in [0.1, 0.15) is 28.1 Å². The van der Waals surface area contributed by atoms with Gasteiger partial charge in [-0.2, -0.15) is 0 Å². The maximum absolute atomic E-state index is 12.6. The van der Waals surface area contributed by atoms with Crippen LogP contribution in [-0.4, -0.2) is 37.6 Å². The highest BCUT2D eigenvalue weighted by atomic mass is 32.2. The Labute approximate surface area is 140 Å². The lowest BCUT2D eigenvalue weighted by Gasteiger charge is -2.24. The molecule has 23 heavy (non-hydrogen) atoms. The van der Waals surface area contributed by atoms with E-state index in [2.05, 4.69) is 0 Å². The zero-order valence-electron chi connectivity index (χ0n) is 12.9. The molecule has 1 amide bonds. The van der Waals surface area contributed by atoms with Gasteiger partial charge in [-0.3, -0.25) is 4.79 Å². The summed E-state index contributed by atoms with van der Waals surface area (Å²) in [6.07, 6.45) is 1.59. The summed E-state index contributed by atoms with van der Waals surface area (Å²) >= 11 is 1.42. The average Bonchev–Trinajstić information content (AvgIpc) is 3.16. The Morgan fingerprint density at radius 2 is 2.04 bits per heavy atom. The second-order valence-corrected chi connectivity index (χ2v) is 8.82. The van der Waals surface area contributed by atoms with E-state index in [1.54, 1.807) is 35.2 Å². The van der Waals surface area contributed by atoms with Gasteiger partial charge in [0.25, 0.3) is 5.91 Å². The molecule has 1 aromatic heterocycles. The van der Waals surface area contributed by atoms with Crippen LogP contribution >= 0.6 is 11.3 Å². The van der Waals surface area contributed by atoms with Crippen molar-refractivity contribution in [3.05, 3.63) is 52.2 Å². The van der Waals surface area contributed by atoms with Crippen molar-refractivity contribution in [2.45, 2.75) is 30.7 Å². The van der Waals surface area contributed by atoms with E-state index >= 15 is 0 Å². The Hall–Kier alpha value is -1.66. The number of hydrogen-bond acceptors (Lipinski definition) is 4. The van der Waals surface area contributed by atoms with Gasteiger partial charge in [-0.15, -0.1) is 11.3 Å². The summed E-state index contributed by atoms with van der Waals surface area (Å²) < 4.78 is 25.1. The number of likely N-dealkylation sites (tertiary alicyclic amines) is 1. The van der Waals surface area contributed by atoms with Crippen LogP contribution in [0.4, 0.5) is 0 Å². The highest BCUT2D eigenvalue weighted by Gasteiger charge is 2.33. The summed E-state index contributed by atoms with van der Waals surface area (Å²) in [5.41, 5.74) is 1.06. The molecule has 1 aliphatic rings. The van der Waals surface area contributed by atoms with E-state index in [1.165, 1.54) is 11.3 Å². The van der Waals surface area contributed by atoms with Crippen molar-refractivity contribution in [2.75, 3.05) is 12.3 Å². The number of nitrogens with zero attached hydrogens (tertiary/aromatic N) is 1. The molecule has 122 valence electrons. The highest BCUT2D eigenvalue weighted by molar-refractivity contribution is 7.91. The van der Waals surface area contributed by atoms with Gasteiger partial charge in [-0.05, 0) is 48.9 Å². The maximum Gasteiger partial charge on any atom is 0.264 e. The minimum atomic E-state index is -3.38. The number of benzene rings is 1. The van der Waals surface area contributed by atoms with E-state index in [1.807, 2.05) is 18.4 Å². The van der Waals surface area contributed by atoms with E-state index in [-0.39, 0.29) is 17.7 Å². The van der Waals surface area contributed by atoms with Crippen LogP contribution in [0.3, 0.4) is 0 Å². The fourth-order valence-electron chi connectivity index (χ4n) is 2.94. The topological polar surface area (TPSA) is 54.5 Å². The fourth-order valence-corrected chi connectivity index (χ4v) is 5.41. The maximum atomic E-state index is 12.6. The van der Waals surface area contributed by atoms with Crippen LogP contribution in [0.15, 0.2) is 46.7 Å². The Balaban J connectivity index is 1.78. The molecule has 1 atom stereocenters. The van der Waals surface area contributed by atoms with E-state index in [0.717, 1.165) is 18.4 Å². The normalized spacial score (nSPS) is 18.3. The van der Waals surface area contributed by atoms with E-state index < -0.39 is 9.84 Å². The number of rotatable bonds is 4. The number of carbonyl (C=O) groups excluding carboxylic acids is 1. The number of amides is 1. The van der Waals surface area contributed by atoms with Crippen LogP contribution in [0, 0.1) is 6.92 Å². The largest absolute Gasteiger partial charge is 0.334 e. The molecule has 0 unspecified atom stereocenters. The third-order valence-electron chi connectivity index (χ3n) is 4.09. The van der Waals surface area contributed by atoms with E-state index in [0.29, 0.717) is 16.3 Å². The van der Waals surface area contributed by atoms with Crippen LogP contribution in [0.25, 0.3) is 0 Å². The zero-order chi connectivity index (χ0) is 16.4. The molecule has 2 heterocycles. The molecule has 2 aromatic rings. The van der Waals surface area contributed by atoms with E-state index in [9.17, 15) is 13.2 Å². The molecular weight excluding hydrogens is 330 g/mol. The van der Waals surface area contributed by atoms with Gasteiger partial charge in [0.05, 0.1) is 15.5 Å². The predicted octanol–water partition coefficient (Wildman–Crippen LogP) is 3.14. The third kappa shape index (κ3) is 3.48. The Morgan fingerprint density at radius 1 is 1.30 bits per heavy atom. The molecular formula is C17H19NO3S2. The first-order valence-corrected chi connectivity index (χ1v) is 10.1. The van der Waals surface area contributed by atoms with Crippen molar-refractivity contribution in [3.63, 3.8) is 0 Å². The van der Waals surface area contributed by atoms with Crippen molar-refractivity contribution in [1.82, 2.24) is 4.90 Å². The van der Waals surface area contributed by atoms with Crippen molar-refractivity contribution in [3.8, 4) is 0 Å². The van der Waals surface area contributed by atoms with Crippen molar-refractivity contribution < 1.29 is 13.2 Å². The van der Waals surface area contributed by atoms with Gasteiger partial charge in [0.15, 0.2) is 9.84 Å². The minimum Gasteiger partial charge on any atom is -0.334 e. The summed E-state index contributed by atoms with van der Waals surface area (Å²) in [4.78, 5) is 15.4. The number of hydrogen-bond donors (Lipinski definition) is 0. The number of carbonyl (C=O) groups is 1. The zero-order valence-corrected chi connectivity index (χ0v) is 14.6. The second-order valence-electron chi connectivity index (χ2n) is 5.88. The monoisotopic (exact) mass is 349 g/mol. The molecule has 1 fully saturated rings. The van der Waals surface area contributed by atoms with E-state index in [4.69, 9.17) is 0 Å². The van der Waals surface area contributed by atoms with Crippen molar-refractivity contribution in [2.24, 2.45) is 0 Å². The van der Waals surface area contributed by atoms with Crippen molar-refractivity contribution >= 4 is 27.1 Å². The molecule has 0 aliphatic carbocycles. The Morgan fingerprint density at radius 3 is 2.70 bits per heavy atom. The molecule has 4 nitrogen and oxygen atoms in total. The Bertz CT molecular complexity index is 796.